The van der Waals surface area contributed by atoms with Crippen molar-refractivity contribution in [3.63, 3.8) is 0 Å². The number of hydrogen-bond acceptors (Lipinski definition) is 5. The fourth-order valence-corrected chi connectivity index (χ4v) is 1.57. The van der Waals surface area contributed by atoms with Crippen molar-refractivity contribution in [2.45, 2.75) is 0 Å². The van der Waals surface area contributed by atoms with Crippen LogP contribution in [0.5, 0.6) is 11.5 Å². The molecule has 1 N–H and O–H groups in total. The highest BCUT2D eigenvalue weighted by atomic mass is 16.7. The maximum absolute atomic E-state index is 8.37. The van der Waals surface area contributed by atoms with Crippen LogP contribution in [0.15, 0.2) is 27.8 Å². The molecule has 0 bridgehead atoms. The zero-order valence-electron chi connectivity index (χ0n) is 7.64. The SMILES string of the molecule is O/N=C\c1cc2cc3c(cc2o1)OCO3. The quantitative estimate of drug-likeness (QED) is 0.439. The first kappa shape index (κ1) is 8.16. The summed E-state index contributed by atoms with van der Waals surface area (Å²) >= 11 is 0. The molecule has 0 saturated heterocycles. The van der Waals surface area contributed by atoms with Crippen LogP contribution in [0.1, 0.15) is 5.76 Å². The number of benzene rings is 1. The predicted molar refractivity (Wildman–Crippen MR) is 51.7 cm³/mol. The van der Waals surface area contributed by atoms with E-state index in [0.717, 1.165) is 5.39 Å². The van der Waals surface area contributed by atoms with Gasteiger partial charge in [-0.25, -0.2) is 0 Å². The molecule has 5 nitrogen and oxygen atoms in total. The minimum Gasteiger partial charge on any atom is -0.455 e. The largest absolute Gasteiger partial charge is 0.455 e. The van der Waals surface area contributed by atoms with Gasteiger partial charge in [0.2, 0.25) is 6.79 Å². The third-order valence-electron chi connectivity index (χ3n) is 2.22. The monoisotopic (exact) mass is 205 g/mol. The smallest absolute Gasteiger partial charge is 0.231 e. The van der Waals surface area contributed by atoms with Crippen molar-refractivity contribution in [2.24, 2.45) is 5.16 Å². The highest BCUT2D eigenvalue weighted by Crippen LogP contribution is 2.36. The van der Waals surface area contributed by atoms with Crippen LogP contribution in [0, 0.1) is 0 Å². The van der Waals surface area contributed by atoms with Gasteiger partial charge < -0.3 is 19.1 Å². The number of furan rings is 1. The van der Waals surface area contributed by atoms with E-state index in [1.165, 1.54) is 6.21 Å². The Hall–Kier alpha value is -2.17. The normalized spacial score (nSPS) is 14.1. The molecule has 2 heterocycles. The van der Waals surface area contributed by atoms with E-state index in [1.54, 1.807) is 12.1 Å². The first-order valence-electron chi connectivity index (χ1n) is 4.37. The Morgan fingerprint density at radius 2 is 2.00 bits per heavy atom. The molecule has 1 aromatic heterocycles. The predicted octanol–water partition coefficient (Wildman–Crippen LogP) is 1.97. The van der Waals surface area contributed by atoms with Gasteiger partial charge in [0.15, 0.2) is 11.5 Å². The molecule has 3 rings (SSSR count). The molecular formula is C10H7NO4. The number of hydrogen-bond donors (Lipinski definition) is 1. The maximum Gasteiger partial charge on any atom is 0.231 e. The van der Waals surface area contributed by atoms with Gasteiger partial charge in [0, 0.05) is 11.5 Å². The molecule has 0 fully saturated rings. The third kappa shape index (κ3) is 1.20. The summed E-state index contributed by atoms with van der Waals surface area (Å²) < 4.78 is 15.8. The molecule has 76 valence electrons. The first-order valence-corrected chi connectivity index (χ1v) is 4.37. The average Bonchev–Trinajstić information content (AvgIpc) is 2.78. The zero-order valence-corrected chi connectivity index (χ0v) is 7.64. The number of rotatable bonds is 1. The Morgan fingerprint density at radius 3 is 2.80 bits per heavy atom. The van der Waals surface area contributed by atoms with E-state index >= 15 is 0 Å². The van der Waals surface area contributed by atoms with Gasteiger partial charge in [0.05, 0.1) is 0 Å². The average molecular weight is 205 g/mol. The highest BCUT2D eigenvalue weighted by molar-refractivity contribution is 5.88. The van der Waals surface area contributed by atoms with E-state index in [9.17, 15) is 0 Å². The van der Waals surface area contributed by atoms with Crippen LogP contribution in [0.3, 0.4) is 0 Å². The van der Waals surface area contributed by atoms with Crippen molar-refractivity contribution >= 4 is 17.2 Å². The lowest BCUT2D eigenvalue weighted by Gasteiger charge is -1.93. The van der Waals surface area contributed by atoms with Crippen LogP contribution in [0.25, 0.3) is 11.0 Å². The number of fused-ring (bicyclic) bond motifs is 2. The number of ether oxygens (including phenoxy) is 2. The van der Waals surface area contributed by atoms with Crippen LogP contribution in [0.2, 0.25) is 0 Å². The molecule has 0 atom stereocenters. The van der Waals surface area contributed by atoms with E-state index < -0.39 is 0 Å². The fourth-order valence-electron chi connectivity index (χ4n) is 1.57. The second kappa shape index (κ2) is 2.91. The lowest BCUT2D eigenvalue weighted by molar-refractivity contribution is 0.174. The van der Waals surface area contributed by atoms with Gasteiger partial charge >= 0.3 is 0 Å². The summed E-state index contributed by atoms with van der Waals surface area (Å²) in [5.41, 5.74) is 0.675. The summed E-state index contributed by atoms with van der Waals surface area (Å²) in [7, 11) is 0. The fraction of sp³-hybridized carbons (Fsp3) is 0.100. The Morgan fingerprint density at radius 1 is 1.20 bits per heavy atom. The summed E-state index contributed by atoms with van der Waals surface area (Å²) in [4.78, 5) is 0. The Bertz CT molecular complexity index is 503. The van der Waals surface area contributed by atoms with Crippen LogP contribution in [0.4, 0.5) is 0 Å². The van der Waals surface area contributed by atoms with E-state index in [2.05, 4.69) is 5.16 Å². The molecule has 1 aliphatic rings. The van der Waals surface area contributed by atoms with Crippen molar-refractivity contribution < 1.29 is 19.1 Å². The minimum atomic E-state index is 0.243. The van der Waals surface area contributed by atoms with Gasteiger partial charge in [-0.2, -0.15) is 0 Å². The number of nitrogens with zero attached hydrogens (tertiary/aromatic N) is 1. The second-order valence-electron chi connectivity index (χ2n) is 3.14. The summed E-state index contributed by atoms with van der Waals surface area (Å²) in [5, 5.41) is 12.2. The molecule has 0 aliphatic carbocycles. The van der Waals surface area contributed by atoms with Crippen molar-refractivity contribution in [1.29, 1.82) is 0 Å². The molecule has 1 aromatic carbocycles. The van der Waals surface area contributed by atoms with Crippen LogP contribution >= 0.6 is 0 Å². The first-order chi connectivity index (χ1) is 7.36. The van der Waals surface area contributed by atoms with Crippen LogP contribution in [-0.2, 0) is 0 Å². The molecular weight excluding hydrogens is 198 g/mol. The van der Waals surface area contributed by atoms with Crippen molar-refractivity contribution in [3.8, 4) is 11.5 Å². The lowest BCUT2D eigenvalue weighted by atomic mass is 10.2. The Balaban J connectivity index is 2.20. The van der Waals surface area contributed by atoms with Crippen molar-refractivity contribution in [3.05, 3.63) is 24.0 Å². The van der Waals surface area contributed by atoms with Gasteiger partial charge in [-0.15, -0.1) is 0 Å². The highest BCUT2D eigenvalue weighted by Gasteiger charge is 2.16. The van der Waals surface area contributed by atoms with Crippen molar-refractivity contribution in [1.82, 2.24) is 0 Å². The number of oxime groups is 1. The lowest BCUT2D eigenvalue weighted by Crippen LogP contribution is -1.92. The summed E-state index contributed by atoms with van der Waals surface area (Å²) in [6.45, 7) is 0.243. The van der Waals surface area contributed by atoms with Gasteiger partial charge in [0.1, 0.15) is 17.6 Å². The standard InChI is InChI=1S/C10H7NO4/c12-11-4-7-1-6-2-9-10(14-5-13-9)3-8(6)15-7/h1-4,12H,5H2/b11-4-. The molecule has 15 heavy (non-hydrogen) atoms. The third-order valence-corrected chi connectivity index (χ3v) is 2.22. The topological polar surface area (TPSA) is 64.2 Å². The van der Waals surface area contributed by atoms with Crippen molar-refractivity contribution in [2.75, 3.05) is 6.79 Å². The maximum atomic E-state index is 8.37. The van der Waals surface area contributed by atoms with E-state index in [-0.39, 0.29) is 6.79 Å². The van der Waals surface area contributed by atoms with E-state index in [1.807, 2.05) is 6.07 Å². The van der Waals surface area contributed by atoms with Gasteiger partial charge in [0.25, 0.3) is 0 Å². The van der Waals surface area contributed by atoms with E-state index in [4.69, 9.17) is 19.1 Å². The summed E-state index contributed by atoms with van der Waals surface area (Å²) in [6, 6.07) is 5.35. The van der Waals surface area contributed by atoms with Gasteiger partial charge in [-0.1, -0.05) is 5.16 Å². The van der Waals surface area contributed by atoms with Gasteiger partial charge in [-0.05, 0) is 12.1 Å². The summed E-state index contributed by atoms with van der Waals surface area (Å²) in [5.74, 6) is 1.86. The summed E-state index contributed by atoms with van der Waals surface area (Å²) in [6.07, 6.45) is 1.23. The second-order valence-corrected chi connectivity index (χ2v) is 3.14. The van der Waals surface area contributed by atoms with Crippen LogP contribution < -0.4 is 9.47 Å². The van der Waals surface area contributed by atoms with Gasteiger partial charge in [-0.3, -0.25) is 0 Å². The molecule has 1 aliphatic heterocycles. The molecule has 0 amide bonds. The molecule has 0 spiro atoms. The molecule has 0 unspecified atom stereocenters. The molecule has 0 radical (unpaired) electrons. The molecule has 5 heteroatoms. The Labute approximate surface area is 84.5 Å². The zero-order chi connectivity index (χ0) is 10.3. The molecule has 2 aromatic rings. The van der Waals surface area contributed by atoms with Crippen LogP contribution in [-0.4, -0.2) is 18.2 Å². The molecule has 0 saturated carbocycles. The van der Waals surface area contributed by atoms with E-state index in [0.29, 0.717) is 22.8 Å². The Kier molecular flexibility index (Phi) is 1.58. The minimum absolute atomic E-state index is 0.243.